The second-order valence-corrected chi connectivity index (χ2v) is 6.51. The lowest BCUT2D eigenvalue weighted by Gasteiger charge is -2.33. The van der Waals surface area contributed by atoms with Gasteiger partial charge in [0.2, 0.25) is 0 Å². The Balaban J connectivity index is 1.97. The molecule has 0 aromatic carbocycles. The Hall–Kier alpha value is -0.830. The standard InChI is InChI=1S/C16H29N3/c1-12(2)19-9-8-15(18-19)11-16(17-4)14-7-5-6-13(3)10-14/h8-9,12-14,16-17H,5-7,10-11H2,1-4H3. The van der Waals surface area contributed by atoms with Crippen LogP contribution in [0.2, 0.25) is 0 Å². The zero-order valence-corrected chi connectivity index (χ0v) is 12.9. The smallest absolute Gasteiger partial charge is 0.0640 e. The van der Waals surface area contributed by atoms with Gasteiger partial charge in [0, 0.05) is 24.7 Å². The van der Waals surface area contributed by atoms with Gasteiger partial charge in [-0.3, -0.25) is 4.68 Å². The van der Waals surface area contributed by atoms with Crippen LogP contribution in [0.4, 0.5) is 0 Å². The summed E-state index contributed by atoms with van der Waals surface area (Å²) in [6, 6.07) is 3.21. The fourth-order valence-corrected chi connectivity index (χ4v) is 3.35. The molecule has 1 aliphatic rings. The zero-order valence-electron chi connectivity index (χ0n) is 12.9. The summed E-state index contributed by atoms with van der Waals surface area (Å²) >= 11 is 0. The van der Waals surface area contributed by atoms with Gasteiger partial charge in [0.1, 0.15) is 0 Å². The molecule has 1 aromatic rings. The molecule has 3 unspecified atom stereocenters. The molecule has 3 atom stereocenters. The van der Waals surface area contributed by atoms with Crippen molar-refractivity contribution in [3.05, 3.63) is 18.0 Å². The van der Waals surface area contributed by atoms with Crippen molar-refractivity contribution in [3.63, 3.8) is 0 Å². The van der Waals surface area contributed by atoms with E-state index in [1.54, 1.807) is 0 Å². The summed E-state index contributed by atoms with van der Waals surface area (Å²) in [6.45, 7) is 6.75. The van der Waals surface area contributed by atoms with Crippen LogP contribution in [0.15, 0.2) is 12.3 Å². The van der Waals surface area contributed by atoms with Gasteiger partial charge in [0.25, 0.3) is 0 Å². The summed E-state index contributed by atoms with van der Waals surface area (Å²) in [5.74, 6) is 1.71. The molecular formula is C16H29N3. The van der Waals surface area contributed by atoms with E-state index in [0.29, 0.717) is 12.1 Å². The van der Waals surface area contributed by atoms with Gasteiger partial charge >= 0.3 is 0 Å². The Morgan fingerprint density at radius 2 is 2.21 bits per heavy atom. The van der Waals surface area contributed by atoms with Gasteiger partial charge in [-0.2, -0.15) is 5.10 Å². The number of aromatic nitrogens is 2. The third-order valence-electron chi connectivity index (χ3n) is 4.54. The van der Waals surface area contributed by atoms with E-state index in [1.165, 1.54) is 31.4 Å². The summed E-state index contributed by atoms with van der Waals surface area (Å²) in [5.41, 5.74) is 1.23. The molecule has 2 rings (SSSR count). The molecule has 0 aliphatic heterocycles. The Labute approximate surface area is 117 Å². The maximum Gasteiger partial charge on any atom is 0.0640 e. The first kappa shape index (κ1) is 14.6. The molecule has 3 heteroatoms. The molecule has 3 nitrogen and oxygen atoms in total. The number of hydrogen-bond acceptors (Lipinski definition) is 2. The van der Waals surface area contributed by atoms with Crippen molar-refractivity contribution in [2.24, 2.45) is 11.8 Å². The molecular weight excluding hydrogens is 234 g/mol. The summed E-state index contributed by atoms with van der Waals surface area (Å²) in [5, 5.41) is 8.22. The molecule has 108 valence electrons. The van der Waals surface area contributed by atoms with Crippen LogP contribution in [-0.4, -0.2) is 22.9 Å². The molecule has 1 fully saturated rings. The number of nitrogens with one attached hydrogen (secondary N) is 1. The predicted molar refractivity (Wildman–Crippen MR) is 80.3 cm³/mol. The number of hydrogen-bond donors (Lipinski definition) is 1. The van der Waals surface area contributed by atoms with Crippen LogP contribution in [0, 0.1) is 11.8 Å². The summed E-state index contributed by atoms with van der Waals surface area (Å²) in [6.07, 6.45) is 8.72. The number of rotatable bonds is 5. The summed E-state index contributed by atoms with van der Waals surface area (Å²) in [7, 11) is 2.10. The van der Waals surface area contributed by atoms with Crippen molar-refractivity contribution in [2.75, 3.05) is 7.05 Å². The third kappa shape index (κ3) is 3.82. The van der Waals surface area contributed by atoms with Gasteiger partial charge in [0.05, 0.1) is 5.69 Å². The third-order valence-corrected chi connectivity index (χ3v) is 4.54. The van der Waals surface area contributed by atoms with Crippen molar-refractivity contribution in [2.45, 2.75) is 65.0 Å². The van der Waals surface area contributed by atoms with Crippen molar-refractivity contribution in [3.8, 4) is 0 Å². The minimum Gasteiger partial charge on any atom is -0.316 e. The van der Waals surface area contributed by atoms with Crippen molar-refractivity contribution < 1.29 is 0 Å². The van der Waals surface area contributed by atoms with Gasteiger partial charge in [0.15, 0.2) is 0 Å². The monoisotopic (exact) mass is 263 g/mol. The van der Waals surface area contributed by atoms with Gasteiger partial charge < -0.3 is 5.32 Å². The average Bonchev–Trinajstić information content (AvgIpc) is 2.84. The Kier molecular flexibility index (Phi) is 5.03. The Bertz CT molecular complexity index is 383. The van der Waals surface area contributed by atoms with E-state index in [-0.39, 0.29) is 0 Å². The minimum atomic E-state index is 0.455. The van der Waals surface area contributed by atoms with Crippen LogP contribution in [-0.2, 0) is 6.42 Å². The van der Waals surface area contributed by atoms with E-state index in [2.05, 4.69) is 55.2 Å². The lowest BCUT2D eigenvalue weighted by molar-refractivity contribution is 0.226. The topological polar surface area (TPSA) is 29.9 Å². The molecule has 19 heavy (non-hydrogen) atoms. The predicted octanol–water partition coefficient (Wildman–Crippen LogP) is 3.42. The molecule has 1 saturated carbocycles. The van der Waals surface area contributed by atoms with Gasteiger partial charge in [-0.1, -0.05) is 19.8 Å². The highest BCUT2D eigenvalue weighted by Gasteiger charge is 2.26. The fraction of sp³-hybridized carbons (Fsp3) is 0.812. The van der Waals surface area contributed by atoms with Crippen molar-refractivity contribution in [1.82, 2.24) is 15.1 Å². The van der Waals surface area contributed by atoms with E-state index in [4.69, 9.17) is 0 Å². The van der Waals surface area contributed by atoms with Crippen molar-refractivity contribution >= 4 is 0 Å². The Morgan fingerprint density at radius 3 is 2.79 bits per heavy atom. The van der Waals surface area contributed by atoms with Crippen LogP contribution in [0.1, 0.15) is 58.2 Å². The van der Waals surface area contributed by atoms with Crippen LogP contribution in [0.3, 0.4) is 0 Å². The van der Waals surface area contributed by atoms with E-state index in [9.17, 15) is 0 Å². The van der Waals surface area contributed by atoms with Gasteiger partial charge in [-0.15, -0.1) is 0 Å². The molecule has 0 spiro atoms. The number of likely N-dealkylation sites (N-methyl/N-ethyl adjacent to an activating group) is 1. The van der Waals surface area contributed by atoms with Crippen LogP contribution >= 0.6 is 0 Å². The molecule has 0 saturated heterocycles. The van der Waals surface area contributed by atoms with Crippen molar-refractivity contribution in [1.29, 1.82) is 0 Å². The van der Waals surface area contributed by atoms with E-state index >= 15 is 0 Å². The van der Waals surface area contributed by atoms with E-state index < -0.39 is 0 Å². The highest BCUT2D eigenvalue weighted by atomic mass is 15.3. The second kappa shape index (κ2) is 6.56. The van der Waals surface area contributed by atoms with E-state index in [0.717, 1.165) is 18.3 Å². The normalized spacial score (nSPS) is 25.7. The summed E-state index contributed by atoms with van der Waals surface area (Å²) < 4.78 is 2.06. The van der Waals surface area contributed by atoms with Crippen LogP contribution in [0.25, 0.3) is 0 Å². The maximum atomic E-state index is 4.69. The first-order valence-corrected chi connectivity index (χ1v) is 7.81. The van der Waals surface area contributed by atoms with Crippen LogP contribution in [0.5, 0.6) is 0 Å². The minimum absolute atomic E-state index is 0.455. The molecule has 0 amide bonds. The second-order valence-electron chi connectivity index (χ2n) is 6.51. The van der Waals surface area contributed by atoms with Crippen LogP contribution < -0.4 is 5.32 Å². The quantitative estimate of drug-likeness (QED) is 0.882. The molecule has 1 heterocycles. The zero-order chi connectivity index (χ0) is 13.8. The maximum absolute atomic E-state index is 4.69. The highest BCUT2D eigenvalue weighted by Crippen LogP contribution is 2.31. The SMILES string of the molecule is CNC(Cc1ccn(C(C)C)n1)C1CCCC(C)C1. The molecule has 0 radical (unpaired) electrons. The molecule has 0 bridgehead atoms. The van der Waals surface area contributed by atoms with Gasteiger partial charge in [-0.05, 0) is 51.6 Å². The van der Waals surface area contributed by atoms with E-state index in [1.807, 2.05) is 0 Å². The average molecular weight is 263 g/mol. The first-order valence-electron chi connectivity index (χ1n) is 7.81. The lowest BCUT2D eigenvalue weighted by atomic mass is 9.77. The van der Waals surface area contributed by atoms with Gasteiger partial charge in [-0.25, -0.2) is 0 Å². The molecule has 1 N–H and O–H groups in total. The molecule has 1 aromatic heterocycles. The Morgan fingerprint density at radius 1 is 1.42 bits per heavy atom. The number of nitrogens with zero attached hydrogens (tertiary/aromatic N) is 2. The largest absolute Gasteiger partial charge is 0.316 e. The summed E-state index contributed by atoms with van der Waals surface area (Å²) in [4.78, 5) is 0. The lowest BCUT2D eigenvalue weighted by Crippen LogP contribution is -2.38. The first-order chi connectivity index (χ1) is 9.10. The molecule has 1 aliphatic carbocycles. The fourth-order valence-electron chi connectivity index (χ4n) is 3.35. The highest BCUT2D eigenvalue weighted by molar-refractivity contribution is 5.03.